The van der Waals surface area contributed by atoms with Crippen LogP contribution in [0.3, 0.4) is 0 Å². The van der Waals surface area contributed by atoms with Gasteiger partial charge in [0.2, 0.25) is 0 Å². The summed E-state index contributed by atoms with van der Waals surface area (Å²) in [5, 5.41) is 10.0. The summed E-state index contributed by atoms with van der Waals surface area (Å²) in [5.41, 5.74) is 1.16. The Kier molecular flexibility index (Phi) is 14.6. The predicted molar refractivity (Wildman–Crippen MR) is 115 cm³/mol. The van der Waals surface area contributed by atoms with E-state index in [1.807, 2.05) is 0 Å². The van der Waals surface area contributed by atoms with Crippen molar-refractivity contribution < 1.29 is 4.74 Å². The lowest BCUT2D eigenvalue weighted by atomic mass is 10.2. The minimum absolute atomic E-state index is 0. The van der Waals surface area contributed by atoms with E-state index in [1.54, 1.807) is 11.3 Å². The molecule has 0 unspecified atom stereocenters. The van der Waals surface area contributed by atoms with Gasteiger partial charge in [0, 0.05) is 44.6 Å². The normalized spacial score (nSPS) is 11.5. The van der Waals surface area contributed by atoms with Crippen LogP contribution in [-0.4, -0.2) is 43.8 Å². The fourth-order valence-electron chi connectivity index (χ4n) is 1.95. The smallest absolute Gasteiger partial charge is 0.191 e. The van der Waals surface area contributed by atoms with Gasteiger partial charge in [-0.3, -0.25) is 4.99 Å². The number of nitrogens with zero attached hydrogens (tertiary/aromatic N) is 2. The van der Waals surface area contributed by atoms with Crippen LogP contribution < -0.4 is 10.6 Å². The molecule has 140 valence electrons. The molecule has 0 aliphatic carbocycles. The Morgan fingerprint density at radius 2 is 2.12 bits per heavy atom. The van der Waals surface area contributed by atoms with E-state index in [2.05, 4.69) is 53.7 Å². The number of ether oxygens (including phenoxy) is 1. The Morgan fingerprint density at radius 1 is 1.33 bits per heavy atom. The number of aromatic nitrogens is 1. The van der Waals surface area contributed by atoms with Crippen LogP contribution in [0.15, 0.2) is 10.4 Å². The van der Waals surface area contributed by atoms with Gasteiger partial charge < -0.3 is 15.4 Å². The first-order chi connectivity index (χ1) is 11.2. The van der Waals surface area contributed by atoms with Crippen LogP contribution >= 0.6 is 35.3 Å². The molecule has 0 saturated carbocycles. The van der Waals surface area contributed by atoms with E-state index >= 15 is 0 Å². The molecule has 0 aliphatic heterocycles. The summed E-state index contributed by atoms with van der Waals surface area (Å²) in [6.07, 6.45) is 2.90. The van der Waals surface area contributed by atoms with Gasteiger partial charge in [0.05, 0.1) is 10.7 Å². The van der Waals surface area contributed by atoms with Crippen molar-refractivity contribution in [3.8, 4) is 0 Å². The third-order valence-electron chi connectivity index (χ3n) is 3.09. The number of hydrogen-bond donors (Lipinski definition) is 2. The van der Waals surface area contributed by atoms with Crippen molar-refractivity contribution in [1.82, 2.24) is 15.6 Å². The highest BCUT2D eigenvalue weighted by atomic mass is 127. The maximum Gasteiger partial charge on any atom is 0.191 e. The van der Waals surface area contributed by atoms with E-state index in [9.17, 15) is 0 Å². The van der Waals surface area contributed by atoms with Gasteiger partial charge in [-0.15, -0.1) is 35.3 Å². The average molecular weight is 468 g/mol. The highest BCUT2D eigenvalue weighted by Gasteiger charge is 2.01. The maximum absolute atomic E-state index is 5.57. The molecule has 5 nitrogen and oxygen atoms in total. The van der Waals surface area contributed by atoms with E-state index < -0.39 is 0 Å². The molecule has 0 spiro atoms. The van der Waals surface area contributed by atoms with Gasteiger partial charge in [-0.25, -0.2) is 4.98 Å². The first kappa shape index (κ1) is 23.6. The summed E-state index contributed by atoms with van der Waals surface area (Å²) < 4.78 is 5.57. The molecule has 0 saturated heterocycles. The van der Waals surface area contributed by atoms with E-state index in [-0.39, 0.29) is 24.0 Å². The third-order valence-corrected chi connectivity index (χ3v) is 4.13. The molecule has 1 aromatic rings. The first-order valence-electron chi connectivity index (χ1n) is 8.68. The molecule has 2 N–H and O–H groups in total. The van der Waals surface area contributed by atoms with E-state index in [4.69, 9.17) is 4.74 Å². The molecule has 0 bridgehead atoms. The molecule has 0 aromatic carbocycles. The van der Waals surface area contributed by atoms with Crippen LogP contribution in [0.25, 0.3) is 0 Å². The molecule has 0 fully saturated rings. The van der Waals surface area contributed by atoms with Crippen molar-refractivity contribution in [1.29, 1.82) is 0 Å². The number of aliphatic imine (C=N–C) groups is 1. The lowest BCUT2D eigenvalue weighted by Gasteiger charge is -2.11. The Bertz CT molecular complexity index is 452. The highest BCUT2D eigenvalue weighted by molar-refractivity contribution is 14.0. The van der Waals surface area contributed by atoms with Crippen LogP contribution in [0.1, 0.15) is 44.8 Å². The molecule has 1 aromatic heterocycles. The molecule has 1 heterocycles. The zero-order valence-electron chi connectivity index (χ0n) is 15.4. The minimum Gasteiger partial charge on any atom is -0.381 e. The van der Waals surface area contributed by atoms with Crippen molar-refractivity contribution in [3.05, 3.63) is 16.1 Å². The number of thiazole rings is 1. The topological polar surface area (TPSA) is 58.5 Å². The molecule has 0 aliphatic rings. The lowest BCUT2D eigenvalue weighted by Crippen LogP contribution is -2.38. The monoisotopic (exact) mass is 468 g/mol. The van der Waals surface area contributed by atoms with Crippen molar-refractivity contribution in [2.24, 2.45) is 10.9 Å². The molecule has 0 amide bonds. The standard InChI is InChI=1S/C17H32N4OS.HI/c1-5-16-21-15(13-23-16)8-10-20-17(18-6-2)19-9-7-11-22-12-14(3)4;/h13-14H,5-12H2,1-4H3,(H2,18,19,20);1H. The fourth-order valence-corrected chi connectivity index (χ4v) is 2.73. The third kappa shape index (κ3) is 11.2. The van der Waals surface area contributed by atoms with Crippen molar-refractivity contribution in [2.45, 2.75) is 47.0 Å². The van der Waals surface area contributed by atoms with Gasteiger partial charge in [0.1, 0.15) is 0 Å². The fraction of sp³-hybridized carbons (Fsp3) is 0.765. The Hall–Kier alpha value is -0.410. The van der Waals surface area contributed by atoms with Crippen LogP contribution in [0.2, 0.25) is 0 Å². The van der Waals surface area contributed by atoms with Gasteiger partial charge >= 0.3 is 0 Å². The molecule has 1 rings (SSSR count). The maximum atomic E-state index is 5.57. The Labute approximate surface area is 168 Å². The average Bonchev–Trinajstić information content (AvgIpc) is 2.98. The summed E-state index contributed by atoms with van der Waals surface area (Å²) in [4.78, 5) is 9.16. The summed E-state index contributed by atoms with van der Waals surface area (Å²) in [7, 11) is 0. The number of aryl methyl sites for hydroxylation is 1. The van der Waals surface area contributed by atoms with Crippen LogP contribution in [0, 0.1) is 5.92 Å². The van der Waals surface area contributed by atoms with Crippen LogP contribution in [0.4, 0.5) is 0 Å². The quantitative estimate of drug-likeness (QED) is 0.226. The second-order valence-corrected chi connectivity index (χ2v) is 6.79. The number of halogens is 1. The van der Waals surface area contributed by atoms with Gasteiger partial charge in [-0.1, -0.05) is 20.8 Å². The second-order valence-electron chi connectivity index (χ2n) is 5.85. The van der Waals surface area contributed by atoms with Gasteiger partial charge in [-0.2, -0.15) is 0 Å². The summed E-state index contributed by atoms with van der Waals surface area (Å²) in [6, 6.07) is 0. The largest absolute Gasteiger partial charge is 0.381 e. The molecule has 24 heavy (non-hydrogen) atoms. The SMILES string of the molecule is CCNC(=NCCCOCC(C)C)NCCc1csc(CC)n1.I. The molecular formula is C17H33IN4OS. The number of nitrogens with one attached hydrogen (secondary N) is 2. The Balaban J connectivity index is 0.00000529. The summed E-state index contributed by atoms with van der Waals surface area (Å²) in [5.74, 6) is 1.47. The molecular weight excluding hydrogens is 435 g/mol. The van der Waals surface area contributed by atoms with Crippen molar-refractivity contribution >= 4 is 41.3 Å². The zero-order chi connectivity index (χ0) is 16.9. The summed E-state index contributed by atoms with van der Waals surface area (Å²) in [6.45, 7) is 12.7. The molecule has 0 radical (unpaired) electrons. The number of guanidine groups is 1. The highest BCUT2D eigenvalue weighted by Crippen LogP contribution is 2.10. The number of rotatable bonds is 11. The van der Waals surface area contributed by atoms with E-state index in [0.29, 0.717) is 5.92 Å². The van der Waals surface area contributed by atoms with E-state index in [1.165, 1.54) is 5.01 Å². The zero-order valence-corrected chi connectivity index (χ0v) is 18.6. The first-order valence-corrected chi connectivity index (χ1v) is 9.56. The minimum atomic E-state index is 0. The lowest BCUT2D eigenvalue weighted by molar-refractivity contribution is 0.109. The second kappa shape index (κ2) is 14.9. The predicted octanol–water partition coefficient (Wildman–Crippen LogP) is 3.48. The Morgan fingerprint density at radius 3 is 2.75 bits per heavy atom. The van der Waals surface area contributed by atoms with E-state index in [0.717, 1.165) is 63.8 Å². The van der Waals surface area contributed by atoms with Gasteiger partial charge in [-0.05, 0) is 25.7 Å². The molecule has 0 atom stereocenters. The molecule has 7 heteroatoms. The van der Waals surface area contributed by atoms with Gasteiger partial charge in [0.15, 0.2) is 5.96 Å². The van der Waals surface area contributed by atoms with Crippen molar-refractivity contribution in [2.75, 3.05) is 32.8 Å². The summed E-state index contributed by atoms with van der Waals surface area (Å²) >= 11 is 1.74. The van der Waals surface area contributed by atoms with Crippen LogP contribution in [0.5, 0.6) is 0 Å². The van der Waals surface area contributed by atoms with Gasteiger partial charge in [0.25, 0.3) is 0 Å². The van der Waals surface area contributed by atoms with Crippen molar-refractivity contribution in [3.63, 3.8) is 0 Å². The van der Waals surface area contributed by atoms with Crippen LogP contribution in [-0.2, 0) is 17.6 Å². The number of hydrogen-bond acceptors (Lipinski definition) is 4.